The molecule has 0 unspecified atom stereocenters. The van der Waals surface area contributed by atoms with Gasteiger partial charge in [-0.05, 0) is 45.9 Å². The van der Waals surface area contributed by atoms with E-state index in [1.165, 1.54) is 0 Å². The van der Waals surface area contributed by atoms with Crippen LogP contribution in [0.2, 0.25) is 0 Å². The highest BCUT2D eigenvalue weighted by Gasteiger charge is 2.27. The molecule has 7 heteroatoms. The van der Waals surface area contributed by atoms with Crippen LogP contribution < -0.4 is 14.8 Å². The molecule has 4 rings (SSSR count). The monoisotopic (exact) mass is 419 g/mol. The molecular weight excluding hydrogens is 394 g/mol. The van der Waals surface area contributed by atoms with Crippen molar-refractivity contribution in [2.45, 2.75) is 40.2 Å². The van der Waals surface area contributed by atoms with E-state index in [0.29, 0.717) is 40.7 Å². The molecule has 2 aromatic carbocycles. The number of carbonyl (C=O) groups is 2. The van der Waals surface area contributed by atoms with Crippen LogP contribution in [0.4, 0.5) is 5.69 Å². The maximum Gasteiger partial charge on any atom is 0.297 e. The lowest BCUT2D eigenvalue weighted by Gasteiger charge is -2.13. The average Bonchev–Trinajstić information content (AvgIpc) is 3.25. The van der Waals surface area contributed by atoms with E-state index in [-0.39, 0.29) is 6.10 Å². The number of rotatable bonds is 6. The average molecular weight is 419 g/mol. The number of aryl methyl sites for hydroxylation is 1. The molecule has 160 valence electrons. The smallest absolute Gasteiger partial charge is 0.297 e. The van der Waals surface area contributed by atoms with E-state index >= 15 is 0 Å². The van der Waals surface area contributed by atoms with Crippen LogP contribution in [0, 0.1) is 13.8 Å². The number of nitrogens with zero attached hydrogens (tertiary/aromatic N) is 2. The van der Waals surface area contributed by atoms with Gasteiger partial charge in [-0.25, -0.2) is 4.68 Å². The molecule has 2 heterocycles. The Bertz CT molecular complexity index is 1150. The summed E-state index contributed by atoms with van der Waals surface area (Å²) >= 11 is 0. The molecule has 0 saturated carbocycles. The van der Waals surface area contributed by atoms with E-state index in [4.69, 9.17) is 9.47 Å². The minimum atomic E-state index is -0.745. The predicted molar refractivity (Wildman–Crippen MR) is 117 cm³/mol. The first kappa shape index (κ1) is 20.7. The Morgan fingerprint density at radius 2 is 1.97 bits per heavy atom. The Hall–Kier alpha value is -3.61. The molecule has 0 spiro atoms. The van der Waals surface area contributed by atoms with Crippen molar-refractivity contribution in [2.75, 3.05) is 11.9 Å². The molecule has 0 bridgehead atoms. The molecule has 1 N–H and O–H groups in total. The fourth-order valence-electron chi connectivity index (χ4n) is 3.90. The minimum absolute atomic E-state index is 0.0613. The second-order valence-corrected chi connectivity index (χ2v) is 7.60. The zero-order valence-electron chi connectivity index (χ0n) is 18.1. The molecular formula is C24H25N3O4. The van der Waals surface area contributed by atoms with Gasteiger partial charge in [-0.1, -0.05) is 18.2 Å². The first-order valence-electron chi connectivity index (χ1n) is 10.3. The van der Waals surface area contributed by atoms with Crippen molar-refractivity contribution in [3.05, 3.63) is 65.0 Å². The van der Waals surface area contributed by atoms with Crippen LogP contribution in [-0.4, -0.2) is 34.2 Å². The Balaban J connectivity index is 1.63. The van der Waals surface area contributed by atoms with Crippen molar-refractivity contribution in [1.29, 1.82) is 0 Å². The molecule has 0 fully saturated rings. The van der Waals surface area contributed by atoms with Gasteiger partial charge in [0.15, 0.2) is 0 Å². The normalized spacial score (nSPS) is 14.6. The fraction of sp³-hybridized carbons (Fsp3) is 0.292. The Morgan fingerprint density at radius 3 is 2.68 bits per heavy atom. The van der Waals surface area contributed by atoms with E-state index < -0.39 is 11.7 Å². The van der Waals surface area contributed by atoms with Gasteiger partial charge in [0.05, 0.1) is 34.9 Å². The molecule has 1 amide bonds. The number of carbonyl (C=O) groups excluding carboxylic acids is 2. The maximum absolute atomic E-state index is 13.1. The SMILES string of the molecule is CCOc1cc2c(cc1NC(=O)C(=O)c1c(C)nn(-c3ccccc3)c1C)O[C@H](C)C2. The summed E-state index contributed by atoms with van der Waals surface area (Å²) in [4.78, 5) is 25.9. The van der Waals surface area contributed by atoms with Crippen LogP contribution in [0.1, 0.15) is 41.2 Å². The Morgan fingerprint density at radius 1 is 1.23 bits per heavy atom. The first-order valence-corrected chi connectivity index (χ1v) is 10.3. The molecule has 1 aliphatic rings. The van der Waals surface area contributed by atoms with Gasteiger partial charge in [0.25, 0.3) is 11.7 Å². The molecule has 7 nitrogen and oxygen atoms in total. The van der Waals surface area contributed by atoms with Gasteiger partial charge in [0, 0.05) is 18.1 Å². The third-order valence-electron chi connectivity index (χ3n) is 5.27. The van der Waals surface area contributed by atoms with Crippen LogP contribution in [-0.2, 0) is 11.2 Å². The third kappa shape index (κ3) is 3.91. The number of Topliss-reactive ketones (excluding diaryl/α,β-unsaturated/α-hetero) is 1. The van der Waals surface area contributed by atoms with E-state index in [1.54, 1.807) is 24.6 Å². The number of nitrogens with one attached hydrogen (secondary N) is 1. The Kier molecular flexibility index (Phi) is 5.50. The fourth-order valence-corrected chi connectivity index (χ4v) is 3.90. The van der Waals surface area contributed by atoms with Crippen molar-refractivity contribution < 1.29 is 19.1 Å². The molecule has 1 aliphatic heterocycles. The summed E-state index contributed by atoms with van der Waals surface area (Å²) in [6, 6.07) is 13.1. The number of amides is 1. The number of anilines is 1. The molecule has 1 atom stereocenters. The van der Waals surface area contributed by atoms with E-state index in [9.17, 15) is 9.59 Å². The number of para-hydroxylation sites is 1. The number of fused-ring (bicyclic) bond motifs is 1. The van der Waals surface area contributed by atoms with Gasteiger partial charge in [-0.3, -0.25) is 9.59 Å². The molecule has 3 aromatic rings. The molecule has 1 aromatic heterocycles. The van der Waals surface area contributed by atoms with Gasteiger partial charge in [0.1, 0.15) is 17.6 Å². The van der Waals surface area contributed by atoms with E-state index in [2.05, 4.69) is 10.4 Å². The zero-order chi connectivity index (χ0) is 22.1. The number of hydrogen-bond donors (Lipinski definition) is 1. The zero-order valence-corrected chi connectivity index (χ0v) is 18.1. The van der Waals surface area contributed by atoms with Gasteiger partial charge in [-0.15, -0.1) is 0 Å². The summed E-state index contributed by atoms with van der Waals surface area (Å²) < 4.78 is 13.2. The molecule has 0 saturated heterocycles. The number of ether oxygens (including phenoxy) is 2. The largest absolute Gasteiger partial charge is 0.492 e. The van der Waals surface area contributed by atoms with Gasteiger partial charge >= 0.3 is 0 Å². The standard InChI is InChI=1S/C24H25N3O4/c1-5-30-21-12-17-11-14(2)31-20(17)13-19(21)25-24(29)23(28)22-15(3)26-27(16(22)4)18-9-7-6-8-10-18/h6-10,12-14H,5,11H2,1-4H3,(H,25,29)/t14-/m1/s1. The lowest BCUT2D eigenvalue weighted by molar-refractivity contribution is -0.112. The lowest BCUT2D eigenvalue weighted by atomic mass is 10.1. The summed E-state index contributed by atoms with van der Waals surface area (Å²) in [5, 5.41) is 7.18. The second kappa shape index (κ2) is 8.26. The van der Waals surface area contributed by atoms with Crippen LogP contribution in [0.3, 0.4) is 0 Å². The van der Waals surface area contributed by atoms with Gasteiger partial charge in [-0.2, -0.15) is 5.10 Å². The summed E-state index contributed by atoms with van der Waals surface area (Å²) in [5.41, 5.74) is 3.67. The molecule has 31 heavy (non-hydrogen) atoms. The predicted octanol–water partition coefficient (Wildman–Crippen LogP) is 4.03. The summed E-state index contributed by atoms with van der Waals surface area (Å²) in [6.07, 6.45) is 0.839. The van der Waals surface area contributed by atoms with E-state index in [1.807, 2.05) is 50.2 Å². The Labute approximate surface area is 181 Å². The summed E-state index contributed by atoms with van der Waals surface area (Å²) in [5.74, 6) is -0.170. The molecule has 0 radical (unpaired) electrons. The van der Waals surface area contributed by atoms with Gasteiger partial charge < -0.3 is 14.8 Å². The van der Waals surface area contributed by atoms with Crippen LogP contribution in [0.15, 0.2) is 42.5 Å². The van der Waals surface area contributed by atoms with Crippen molar-refractivity contribution in [2.24, 2.45) is 0 Å². The number of aromatic nitrogens is 2. The van der Waals surface area contributed by atoms with Crippen LogP contribution in [0.5, 0.6) is 11.5 Å². The summed E-state index contributed by atoms with van der Waals surface area (Å²) in [6.45, 7) is 7.80. The first-order chi connectivity index (χ1) is 14.9. The van der Waals surface area contributed by atoms with Crippen molar-refractivity contribution >= 4 is 17.4 Å². The van der Waals surface area contributed by atoms with E-state index in [0.717, 1.165) is 17.7 Å². The topological polar surface area (TPSA) is 82.5 Å². The highest BCUT2D eigenvalue weighted by molar-refractivity contribution is 6.47. The highest BCUT2D eigenvalue weighted by atomic mass is 16.5. The molecule has 0 aliphatic carbocycles. The maximum atomic E-state index is 13.1. The lowest BCUT2D eigenvalue weighted by Crippen LogP contribution is -2.24. The second-order valence-electron chi connectivity index (χ2n) is 7.60. The quantitative estimate of drug-likeness (QED) is 0.482. The highest BCUT2D eigenvalue weighted by Crippen LogP contribution is 2.38. The van der Waals surface area contributed by atoms with Crippen LogP contribution in [0.25, 0.3) is 5.69 Å². The van der Waals surface area contributed by atoms with Crippen molar-refractivity contribution in [1.82, 2.24) is 9.78 Å². The third-order valence-corrected chi connectivity index (χ3v) is 5.27. The van der Waals surface area contributed by atoms with Crippen molar-refractivity contribution in [3.63, 3.8) is 0 Å². The van der Waals surface area contributed by atoms with Gasteiger partial charge in [0.2, 0.25) is 0 Å². The number of benzene rings is 2. The number of hydrogen-bond acceptors (Lipinski definition) is 5. The summed E-state index contributed by atoms with van der Waals surface area (Å²) in [7, 11) is 0. The number of ketones is 1. The minimum Gasteiger partial charge on any atom is -0.492 e. The van der Waals surface area contributed by atoms with Crippen molar-refractivity contribution in [3.8, 4) is 17.2 Å². The van der Waals surface area contributed by atoms with Crippen LogP contribution >= 0.6 is 0 Å².